The molecular weight excluding hydrogens is 200 g/mol. The molecular formula is C13H20N2O. The lowest BCUT2D eigenvalue weighted by molar-refractivity contribution is -0.114. The smallest absolute Gasteiger partial charge is 0.221 e. The van der Waals surface area contributed by atoms with Crippen molar-refractivity contribution < 1.29 is 4.79 Å². The molecule has 1 amide bonds. The normalized spacial score (nSPS) is 9.94. The van der Waals surface area contributed by atoms with Gasteiger partial charge in [-0.05, 0) is 37.1 Å². The van der Waals surface area contributed by atoms with Gasteiger partial charge in [0.05, 0.1) is 0 Å². The third-order valence-corrected chi connectivity index (χ3v) is 2.40. The van der Waals surface area contributed by atoms with Crippen LogP contribution in [-0.2, 0) is 4.79 Å². The Hall–Kier alpha value is -1.51. The zero-order valence-corrected chi connectivity index (χ0v) is 10.3. The van der Waals surface area contributed by atoms with E-state index in [1.54, 1.807) is 0 Å². The molecule has 1 aromatic carbocycles. The van der Waals surface area contributed by atoms with Crippen molar-refractivity contribution in [3.05, 3.63) is 23.8 Å². The number of benzene rings is 1. The first-order valence-electron chi connectivity index (χ1n) is 5.75. The molecule has 0 atom stereocenters. The summed E-state index contributed by atoms with van der Waals surface area (Å²) in [6, 6.07) is 5.99. The van der Waals surface area contributed by atoms with E-state index < -0.39 is 0 Å². The topological polar surface area (TPSA) is 41.1 Å². The molecule has 3 heteroatoms. The van der Waals surface area contributed by atoms with Crippen molar-refractivity contribution >= 4 is 17.3 Å². The van der Waals surface area contributed by atoms with E-state index >= 15 is 0 Å². The average Bonchev–Trinajstić information content (AvgIpc) is 2.22. The van der Waals surface area contributed by atoms with E-state index in [4.69, 9.17) is 0 Å². The first-order chi connectivity index (χ1) is 7.63. The van der Waals surface area contributed by atoms with Gasteiger partial charge in [-0.25, -0.2) is 0 Å². The fraction of sp³-hybridized carbons (Fsp3) is 0.462. The van der Waals surface area contributed by atoms with Crippen molar-refractivity contribution in [2.75, 3.05) is 17.2 Å². The molecule has 1 rings (SSSR count). The first-order valence-corrected chi connectivity index (χ1v) is 5.75. The predicted octanol–water partition coefficient (Wildman–Crippen LogP) is 3.17. The van der Waals surface area contributed by atoms with Gasteiger partial charge in [0.2, 0.25) is 5.91 Å². The minimum absolute atomic E-state index is 0.0326. The van der Waals surface area contributed by atoms with Crippen LogP contribution in [0.5, 0.6) is 0 Å². The molecule has 0 saturated heterocycles. The van der Waals surface area contributed by atoms with E-state index in [2.05, 4.69) is 23.6 Å². The van der Waals surface area contributed by atoms with Crippen molar-refractivity contribution in [2.24, 2.45) is 0 Å². The number of rotatable bonds is 5. The summed E-state index contributed by atoms with van der Waals surface area (Å²) >= 11 is 0. The number of aryl methyl sites for hydroxylation is 1. The Morgan fingerprint density at radius 2 is 2.12 bits per heavy atom. The Morgan fingerprint density at radius 1 is 1.38 bits per heavy atom. The molecule has 0 spiro atoms. The first kappa shape index (κ1) is 12.6. The summed E-state index contributed by atoms with van der Waals surface area (Å²) in [4.78, 5) is 10.9. The largest absolute Gasteiger partial charge is 0.385 e. The van der Waals surface area contributed by atoms with E-state index in [0.29, 0.717) is 0 Å². The summed E-state index contributed by atoms with van der Waals surface area (Å²) in [5, 5.41) is 6.16. The van der Waals surface area contributed by atoms with Gasteiger partial charge in [-0.15, -0.1) is 0 Å². The molecule has 88 valence electrons. The van der Waals surface area contributed by atoms with Crippen LogP contribution in [0.1, 0.15) is 32.3 Å². The molecule has 0 fully saturated rings. The molecule has 0 aliphatic carbocycles. The lowest BCUT2D eigenvalue weighted by atomic mass is 10.1. The highest BCUT2D eigenvalue weighted by Crippen LogP contribution is 2.19. The zero-order chi connectivity index (χ0) is 12.0. The molecule has 0 radical (unpaired) electrons. The number of unbranched alkanes of at least 4 members (excludes halogenated alkanes) is 1. The minimum Gasteiger partial charge on any atom is -0.385 e. The van der Waals surface area contributed by atoms with Crippen LogP contribution >= 0.6 is 0 Å². The summed E-state index contributed by atoms with van der Waals surface area (Å²) in [7, 11) is 0. The summed E-state index contributed by atoms with van der Waals surface area (Å²) in [6.07, 6.45) is 2.36. The monoisotopic (exact) mass is 220 g/mol. The molecule has 16 heavy (non-hydrogen) atoms. The number of amides is 1. The SMILES string of the molecule is CCCCNc1ccc(NC(C)=O)c(C)c1. The zero-order valence-electron chi connectivity index (χ0n) is 10.3. The maximum absolute atomic E-state index is 10.9. The molecule has 3 nitrogen and oxygen atoms in total. The molecule has 2 N–H and O–H groups in total. The minimum atomic E-state index is -0.0326. The van der Waals surface area contributed by atoms with Gasteiger partial charge in [0.15, 0.2) is 0 Å². The number of nitrogens with one attached hydrogen (secondary N) is 2. The molecule has 0 aliphatic heterocycles. The van der Waals surface area contributed by atoms with Crippen molar-refractivity contribution in [1.29, 1.82) is 0 Å². The summed E-state index contributed by atoms with van der Waals surface area (Å²) in [5.74, 6) is -0.0326. The Bertz CT molecular complexity index is 361. The highest BCUT2D eigenvalue weighted by molar-refractivity contribution is 5.89. The lowest BCUT2D eigenvalue weighted by Crippen LogP contribution is -2.07. The van der Waals surface area contributed by atoms with Crippen LogP contribution in [0.2, 0.25) is 0 Å². The van der Waals surface area contributed by atoms with Crippen LogP contribution in [0, 0.1) is 6.92 Å². The molecule has 0 bridgehead atoms. The maximum atomic E-state index is 10.9. The van der Waals surface area contributed by atoms with Gasteiger partial charge < -0.3 is 10.6 Å². The summed E-state index contributed by atoms with van der Waals surface area (Å²) < 4.78 is 0. The van der Waals surface area contributed by atoms with Gasteiger partial charge in [0, 0.05) is 24.8 Å². The van der Waals surface area contributed by atoms with Crippen LogP contribution in [-0.4, -0.2) is 12.5 Å². The molecule has 0 saturated carbocycles. The summed E-state index contributed by atoms with van der Waals surface area (Å²) in [6.45, 7) is 6.69. The molecule has 1 aromatic rings. The number of hydrogen-bond donors (Lipinski definition) is 2. The van der Waals surface area contributed by atoms with Gasteiger partial charge in [0.25, 0.3) is 0 Å². The van der Waals surface area contributed by atoms with E-state index in [9.17, 15) is 4.79 Å². The number of carbonyl (C=O) groups excluding carboxylic acids is 1. The second kappa shape index (κ2) is 6.16. The second-order valence-corrected chi connectivity index (χ2v) is 3.99. The van der Waals surface area contributed by atoms with Crippen molar-refractivity contribution in [1.82, 2.24) is 0 Å². The number of hydrogen-bond acceptors (Lipinski definition) is 2. The molecule has 0 heterocycles. The van der Waals surface area contributed by atoms with Gasteiger partial charge in [0.1, 0.15) is 0 Å². The Kier molecular flexibility index (Phi) is 4.83. The van der Waals surface area contributed by atoms with E-state index in [0.717, 1.165) is 23.5 Å². The van der Waals surface area contributed by atoms with Gasteiger partial charge in [-0.3, -0.25) is 4.79 Å². The molecule has 0 aliphatic rings. The van der Waals surface area contributed by atoms with Gasteiger partial charge in [-0.1, -0.05) is 13.3 Å². The van der Waals surface area contributed by atoms with Crippen LogP contribution in [0.3, 0.4) is 0 Å². The van der Waals surface area contributed by atoms with E-state index in [-0.39, 0.29) is 5.91 Å². The van der Waals surface area contributed by atoms with Crippen molar-refractivity contribution in [3.8, 4) is 0 Å². The van der Waals surface area contributed by atoms with Crippen LogP contribution in [0.15, 0.2) is 18.2 Å². The molecule has 0 unspecified atom stereocenters. The Morgan fingerprint density at radius 3 is 2.69 bits per heavy atom. The van der Waals surface area contributed by atoms with Crippen molar-refractivity contribution in [2.45, 2.75) is 33.6 Å². The number of carbonyl (C=O) groups is 1. The quantitative estimate of drug-likeness (QED) is 0.748. The van der Waals surface area contributed by atoms with Crippen molar-refractivity contribution in [3.63, 3.8) is 0 Å². The highest BCUT2D eigenvalue weighted by Gasteiger charge is 2.01. The standard InChI is InChI=1S/C13H20N2O/c1-4-5-8-14-12-6-7-13(10(2)9-12)15-11(3)16/h6-7,9,14H,4-5,8H2,1-3H3,(H,15,16). The van der Waals surface area contributed by atoms with Crippen LogP contribution in [0.25, 0.3) is 0 Å². The second-order valence-electron chi connectivity index (χ2n) is 3.99. The van der Waals surface area contributed by atoms with Gasteiger partial charge >= 0.3 is 0 Å². The third-order valence-electron chi connectivity index (χ3n) is 2.40. The average molecular weight is 220 g/mol. The van der Waals surface area contributed by atoms with Crippen LogP contribution in [0.4, 0.5) is 11.4 Å². The maximum Gasteiger partial charge on any atom is 0.221 e. The lowest BCUT2D eigenvalue weighted by Gasteiger charge is -2.10. The van der Waals surface area contributed by atoms with E-state index in [1.165, 1.54) is 19.8 Å². The Labute approximate surface area is 97.2 Å². The fourth-order valence-corrected chi connectivity index (χ4v) is 1.51. The highest BCUT2D eigenvalue weighted by atomic mass is 16.1. The predicted molar refractivity (Wildman–Crippen MR) is 68.9 cm³/mol. The number of anilines is 2. The summed E-state index contributed by atoms with van der Waals surface area (Å²) in [5.41, 5.74) is 3.07. The fourth-order valence-electron chi connectivity index (χ4n) is 1.51. The van der Waals surface area contributed by atoms with E-state index in [1.807, 2.05) is 19.1 Å². The molecule has 0 aromatic heterocycles. The van der Waals surface area contributed by atoms with Crippen LogP contribution < -0.4 is 10.6 Å². The Balaban J connectivity index is 2.63. The third kappa shape index (κ3) is 3.93. The van der Waals surface area contributed by atoms with Gasteiger partial charge in [-0.2, -0.15) is 0 Å².